The van der Waals surface area contributed by atoms with Crippen LogP contribution in [0.25, 0.3) is 0 Å². The van der Waals surface area contributed by atoms with Gasteiger partial charge in [0.1, 0.15) is 5.78 Å². The highest BCUT2D eigenvalue weighted by atomic mass is 16.2. The summed E-state index contributed by atoms with van der Waals surface area (Å²) in [6.07, 6.45) is 0.828. The zero-order chi connectivity index (χ0) is 13.5. The van der Waals surface area contributed by atoms with Crippen LogP contribution in [-0.4, -0.2) is 11.7 Å². The second-order valence-electron chi connectivity index (χ2n) is 5.04. The van der Waals surface area contributed by atoms with Crippen LogP contribution in [0.5, 0.6) is 0 Å². The van der Waals surface area contributed by atoms with E-state index >= 15 is 0 Å². The Morgan fingerprint density at radius 1 is 1.17 bits per heavy atom. The van der Waals surface area contributed by atoms with Crippen molar-refractivity contribution in [3.05, 3.63) is 35.9 Å². The van der Waals surface area contributed by atoms with Crippen LogP contribution >= 0.6 is 0 Å². The highest BCUT2D eigenvalue weighted by Crippen LogP contribution is 2.21. The van der Waals surface area contributed by atoms with Crippen molar-refractivity contribution in [2.75, 3.05) is 0 Å². The van der Waals surface area contributed by atoms with Crippen molar-refractivity contribution in [1.29, 1.82) is 0 Å². The van der Waals surface area contributed by atoms with Crippen LogP contribution in [0.15, 0.2) is 30.3 Å². The smallest absolute Gasteiger partial charge is 0.227 e. The molecular formula is C15H21NO2. The van der Waals surface area contributed by atoms with Crippen LogP contribution in [0.4, 0.5) is 0 Å². The maximum atomic E-state index is 11.7. The maximum absolute atomic E-state index is 11.7. The zero-order valence-corrected chi connectivity index (χ0v) is 11.3. The summed E-state index contributed by atoms with van der Waals surface area (Å²) >= 11 is 0. The van der Waals surface area contributed by atoms with E-state index in [9.17, 15) is 9.59 Å². The quantitative estimate of drug-likeness (QED) is 0.786. The summed E-state index contributed by atoms with van der Waals surface area (Å²) in [6, 6.07) is 9.85. The van der Waals surface area contributed by atoms with Gasteiger partial charge in [-0.25, -0.2) is 0 Å². The normalized spacial score (nSPS) is 12.2. The first-order valence-electron chi connectivity index (χ1n) is 6.32. The van der Waals surface area contributed by atoms with Crippen molar-refractivity contribution in [1.82, 2.24) is 5.32 Å². The van der Waals surface area contributed by atoms with Gasteiger partial charge >= 0.3 is 0 Å². The number of ketones is 1. The molecule has 0 aliphatic carbocycles. The molecule has 0 aromatic heterocycles. The number of hydrogen-bond acceptors (Lipinski definition) is 2. The molecule has 0 radical (unpaired) electrons. The molecule has 0 bridgehead atoms. The van der Waals surface area contributed by atoms with E-state index in [0.717, 1.165) is 12.0 Å². The summed E-state index contributed by atoms with van der Waals surface area (Å²) in [7, 11) is 0. The van der Waals surface area contributed by atoms with E-state index < -0.39 is 0 Å². The van der Waals surface area contributed by atoms with Gasteiger partial charge in [-0.3, -0.25) is 9.59 Å². The summed E-state index contributed by atoms with van der Waals surface area (Å²) in [6.45, 7) is 5.67. The van der Waals surface area contributed by atoms with Crippen molar-refractivity contribution in [2.24, 2.45) is 5.92 Å². The largest absolute Gasteiger partial charge is 0.349 e. The van der Waals surface area contributed by atoms with Gasteiger partial charge in [0.2, 0.25) is 5.91 Å². The Morgan fingerprint density at radius 3 is 2.28 bits per heavy atom. The van der Waals surface area contributed by atoms with Crippen molar-refractivity contribution in [2.45, 2.75) is 39.7 Å². The van der Waals surface area contributed by atoms with E-state index in [1.807, 2.05) is 30.3 Å². The molecule has 1 amide bonds. The fraction of sp³-hybridized carbons (Fsp3) is 0.467. The Bertz CT molecular complexity index is 398. The summed E-state index contributed by atoms with van der Waals surface area (Å²) in [5, 5.41) is 2.94. The molecule has 0 saturated carbocycles. The Labute approximate surface area is 109 Å². The number of carbonyl (C=O) groups excluding carboxylic acids is 2. The zero-order valence-electron chi connectivity index (χ0n) is 11.3. The van der Waals surface area contributed by atoms with Crippen molar-refractivity contribution < 1.29 is 9.59 Å². The lowest BCUT2D eigenvalue weighted by Crippen LogP contribution is -2.30. The molecule has 1 aromatic carbocycles. The second kappa shape index (κ2) is 6.94. The van der Waals surface area contributed by atoms with Crippen LogP contribution in [0, 0.1) is 5.92 Å². The number of hydrogen-bond donors (Lipinski definition) is 1. The van der Waals surface area contributed by atoms with E-state index in [0.29, 0.717) is 5.92 Å². The molecule has 18 heavy (non-hydrogen) atoms. The van der Waals surface area contributed by atoms with E-state index in [1.165, 1.54) is 6.92 Å². The number of Topliss-reactive ketones (excluding diaryl/α,β-unsaturated/α-hetero) is 1. The first-order valence-corrected chi connectivity index (χ1v) is 6.32. The molecule has 0 saturated heterocycles. The highest BCUT2D eigenvalue weighted by molar-refractivity contribution is 5.96. The average Bonchev–Trinajstić information content (AvgIpc) is 2.27. The molecule has 0 fully saturated rings. The van der Waals surface area contributed by atoms with Crippen LogP contribution in [0.2, 0.25) is 0 Å². The molecular weight excluding hydrogens is 226 g/mol. The molecule has 1 N–H and O–H groups in total. The van der Waals surface area contributed by atoms with Crippen LogP contribution in [0.1, 0.15) is 45.2 Å². The molecule has 1 unspecified atom stereocenters. The predicted octanol–water partition coefficient (Wildman–Crippen LogP) is 2.87. The van der Waals surface area contributed by atoms with Gasteiger partial charge in [-0.2, -0.15) is 0 Å². The average molecular weight is 247 g/mol. The lowest BCUT2D eigenvalue weighted by atomic mass is 9.97. The molecule has 1 atom stereocenters. The van der Waals surface area contributed by atoms with Gasteiger partial charge in [-0.15, -0.1) is 0 Å². The lowest BCUT2D eigenvalue weighted by molar-refractivity contribution is -0.127. The topological polar surface area (TPSA) is 46.2 Å². The van der Waals surface area contributed by atoms with E-state index in [4.69, 9.17) is 0 Å². The van der Waals surface area contributed by atoms with Crippen LogP contribution < -0.4 is 5.32 Å². The minimum absolute atomic E-state index is 0.0157. The molecule has 98 valence electrons. The maximum Gasteiger partial charge on any atom is 0.227 e. The Balaban J connectivity index is 2.73. The fourth-order valence-corrected chi connectivity index (χ4v) is 1.91. The van der Waals surface area contributed by atoms with E-state index in [2.05, 4.69) is 19.2 Å². The predicted molar refractivity (Wildman–Crippen MR) is 72.1 cm³/mol. The summed E-state index contributed by atoms with van der Waals surface area (Å²) < 4.78 is 0. The van der Waals surface area contributed by atoms with E-state index in [-0.39, 0.29) is 24.2 Å². The van der Waals surface area contributed by atoms with Crippen molar-refractivity contribution in [3.8, 4) is 0 Å². The monoisotopic (exact) mass is 247 g/mol. The first kappa shape index (κ1) is 14.4. The third-order valence-corrected chi connectivity index (χ3v) is 2.65. The Morgan fingerprint density at radius 2 is 1.78 bits per heavy atom. The van der Waals surface area contributed by atoms with Crippen LogP contribution in [-0.2, 0) is 9.59 Å². The fourth-order valence-electron chi connectivity index (χ4n) is 1.91. The first-order chi connectivity index (χ1) is 8.49. The number of benzene rings is 1. The summed E-state index contributed by atoms with van der Waals surface area (Å²) in [5.74, 6) is 0.175. The van der Waals surface area contributed by atoms with Crippen LogP contribution in [0.3, 0.4) is 0 Å². The SMILES string of the molecule is CC(=O)CC(=O)NC(CC(C)C)c1ccccc1. The Kier molecular flexibility index (Phi) is 5.56. The summed E-state index contributed by atoms with van der Waals surface area (Å²) in [4.78, 5) is 22.6. The van der Waals surface area contributed by atoms with Crippen molar-refractivity contribution in [3.63, 3.8) is 0 Å². The molecule has 0 heterocycles. The molecule has 1 aromatic rings. The van der Waals surface area contributed by atoms with E-state index in [1.54, 1.807) is 0 Å². The molecule has 3 nitrogen and oxygen atoms in total. The highest BCUT2D eigenvalue weighted by Gasteiger charge is 2.16. The van der Waals surface area contributed by atoms with Gasteiger partial charge < -0.3 is 5.32 Å². The summed E-state index contributed by atoms with van der Waals surface area (Å²) in [5.41, 5.74) is 1.09. The van der Waals surface area contributed by atoms with Gasteiger partial charge in [0.05, 0.1) is 12.5 Å². The van der Waals surface area contributed by atoms with Gasteiger partial charge in [0.25, 0.3) is 0 Å². The minimum atomic E-state index is -0.197. The van der Waals surface area contributed by atoms with Gasteiger partial charge in [-0.1, -0.05) is 44.2 Å². The number of amides is 1. The van der Waals surface area contributed by atoms with Gasteiger partial charge in [0, 0.05) is 0 Å². The Hall–Kier alpha value is -1.64. The minimum Gasteiger partial charge on any atom is -0.349 e. The molecule has 0 aliphatic heterocycles. The van der Waals surface area contributed by atoms with Gasteiger partial charge in [0.15, 0.2) is 0 Å². The van der Waals surface area contributed by atoms with Gasteiger partial charge in [-0.05, 0) is 24.8 Å². The molecule has 0 spiro atoms. The van der Waals surface area contributed by atoms with Crippen molar-refractivity contribution >= 4 is 11.7 Å². The lowest BCUT2D eigenvalue weighted by Gasteiger charge is -2.21. The molecule has 0 aliphatic rings. The number of nitrogens with one attached hydrogen (secondary N) is 1. The third kappa shape index (κ3) is 5.13. The third-order valence-electron chi connectivity index (χ3n) is 2.65. The number of carbonyl (C=O) groups is 2. The number of rotatable bonds is 6. The molecule has 3 heteroatoms. The standard InChI is InChI=1S/C15H21NO2/c1-11(2)9-14(13-7-5-4-6-8-13)16-15(18)10-12(3)17/h4-8,11,14H,9-10H2,1-3H3,(H,16,18). The molecule has 1 rings (SSSR count). The second-order valence-corrected chi connectivity index (χ2v) is 5.04.